The Hall–Kier alpha value is -1.12. The van der Waals surface area contributed by atoms with Crippen molar-refractivity contribution in [2.75, 3.05) is 33.2 Å². The van der Waals surface area contributed by atoms with Crippen LogP contribution in [0.15, 0.2) is 46.8 Å². The standard InChI is InChI=1S/C21H28N4S.HI/c1-22-20(24-16-21(9-10-21)18-5-3-2-4-6-18)23-11-13-25-12-7-19-17(15-25)8-14-26-19;/h2-6,8,14H,7,9-13,15-16H2,1H3,(H2,22,23,24);1H. The average molecular weight is 496 g/mol. The molecule has 6 heteroatoms. The van der Waals surface area contributed by atoms with E-state index >= 15 is 0 Å². The number of fused-ring (bicyclic) bond motifs is 1. The summed E-state index contributed by atoms with van der Waals surface area (Å²) >= 11 is 1.90. The van der Waals surface area contributed by atoms with Crippen molar-refractivity contribution in [3.05, 3.63) is 57.8 Å². The molecular formula is C21H29IN4S. The third-order valence-corrected chi connectivity index (χ3v) is 6.69. The van der Waals surface area contributed by atoms with Gasteiger partial charge in [-0.2, -0.15) is 0 Å². The van der Waals surface area contributed by atoms with E-state index in [1.165, 1.54) is 36.9 Å². The number of thiophene rings is 1. The highest BCUT2D eigenvalue weighted by Crippen LogP contribution is 2.47. The third kappa shape index (κ3) is 5.03. The molecule has 1 aliphatic heterocycles. The SMILES string of the molecule is CN=C(NCCN1CCc2sccc2C1)NCC1(c2ccccc2)CC1.I. The van der Waals surface area contributed by atoms with Crippen LogP contribution in [-0.2, 0) is 18.4 Å². The van der Waals surface area contributed by atoms with Crippen molar-refractivity contribution in [2.45, 2.75) is 31.2 Å². The van der Waals surface area contributed by atoms with Crippen LogP contribution in [-0.4, -0.2) is 44.1 Å². The molecule has 146 valence electrons. The molecule has 4 nitrogen and oxygen atoms in total. The molecule has 2 aromatic rings. The van der Waals surface area contributed by atoms with E-state index in [1.807, 2.05) is 18.4 Å². The van der Waals surface area contributed by atoms with Gasteiger partial charge in [0.2, 0.25) is 0 Å². The minimum absolute atomic E-state index is 0. The Balaban J connectivity index is 0.00000210. The fourth-order valence-corrected chi connectivity index (χ4v) is 4.70. The third-order valence-electron chi connectivity index (χ3n) is 5.66. The largest absolute Gasteiger partial charge is 0.356 e. The van der Waals surface area contributed by atoms with E-state index in [-0.39, 0.29) is 24.0 Å². The van der Waals surface area contributed by atoms with E-state index in [2.05, 4.69) is 62.3 Å². The molecule has 27 heavy (non-hydrogen) atoms. The van der Waals surface area contributed by atoms with Gasteiger partial charge < -0.3 is 10.6 Å². The first-order valence-electron chi connectivity index (χ1n) is 9.57. The second-order valence-corrected chi connectivity index (χ2v) is 8.39. The van der Waals surface area contributed by atoms with Gasteiger partial charge in [0.05, 0.1) is 0 Å². The first-order valence-corrected chi connectivity index (χ1v) is 10.4. The number of rotatable bonds is 6. The molecule has 4 rings (SSSR count). The quantitative estimate of drug-likeness (QED) is 0.365. The molecular weight excluding hydrogens is 467 g/mol. The number of hydrogen-bond acceptors (Lipinski definition) is 3. The Bertz CT molecular complexity index is 755. The summed E-state index contributed by atoms with van der Waals surface area (Å²) in [5.41, 5.74) is 3.27. The summed E-state index contributed by atoms with van der Waals surface area (Å²) in [5.74, 6) is 0.917. The zero-order chi connectivity index (χ0) is 17.8. The lowest BCUT2D eigenvalue weighted by atomic mass is 9.96. The second-order valence-electron chi connectivity index (χ2n) is 7.39. The van der Waals surface area contributed by atoms with Gasteiger partial charge >= 0.3 is 0 Å². The smallest absolute Gasteiger partial charge is 0.191 e. The number of aliphatic imine (C=N–C) groups is 1. The minimum atomic E-state index is 0. The molecule has 0 amide bonds. The molecule has 2 heterocycles. The first kappa shape index (κ1) is 20.6. The maximum Gasteiger partial charge on any atom is 0.191 e. The molecule has 1 fully saturated rings. The van der Waals surface area contributed by atoms with Crippen molar-refractivity contribution in [1.29, 1.82) is 0 Å². The summed E-state index contributed by atoms with van der Waals surface area (Å²) in [6.45, 7) is 5.19. The summed E-state index contributed by atoms with van der Waals surface area (Å²) < 4.78 is 0. The second kappa shape index (κ2) is 9.39. The predicted octanol–water partition coefficient (Wildman–Crippen LogP) is 3.62. The van der Waals surface area contributed by atoms with Crippen molar-refractivity contribution in [1.82, 2.24) is 15.5 Å². The molecule has 0 spiro atoms. The Morgan fingerprint density at radius 3 is 2.74 bits per heavy atom. The highest BCUT2D eigenvalue weighted by molar-refractivity contribution is 14.0. The molecule has 0 saturated heterocycles. The van der Waals surface area contributed by atoms with Crippen LogP contribution in [0.3, 0.4) is 0 Å². The fourth-order valence-electron chi connectivity index (χ4n) is 3.81. The van der Waals surface area contributed by atoms with E-state index in [0.717, 1.165) is 32.1 Å². The van der Waals surface area contributed by atoms with Crippen molar-refractivity contribution in [3.63, 3.8) is 0 Å². The van der Waals surface area contributed by atoms with Crippen LogP contribution in [0.25, 0.3) is 0 Å². The molecule has 0 atom stereocenters. The monoisotopic (exact) mass is 496 g/mol. The van der Waals surface area contributed by atoms with Gasteiger partial charge in [-0.25, -0.2) is 0 Å². The number of halogens is 1. The van der Waals surface area contributed by atoms with Crippen LogP contribution in [0.1, 0.15) is 28.8 Å². The van der Waals surface area contributed by atoms with Crippen LogP contribution in [0.5, 0.6) is 0 Å². The van der Waals surface area contributed by atoms with Crippen LogP contribution in [0.4, 0.5) is 0 Å². The number of benzene rings is 1. The average Bonchev–Trinajstić information content (AvgIpc) is 3.34. The van der Waals surface area contributed by atoms with Crippen molar-refractivity contribution in [2.24, 2.45) is 4.99 Å². The topological polar surface area (TPSA) is 39.7 Å². The van der Waals surface area contributed by atoms with Crippen LogP contribution < -0.4 is 10.6 Å². The lowest BCUT2D eigenvalue weighted by Gasteiger charge is -2.27. The molecule has 1 aliphatic carbocycles. The maximum atomic E-state index is 4.40. The first-order chi connectivity index (χ1) is 12.8. The van der Waals surface area contributed by atoms with E-state index in [0.29, 0.717) is 5.41 Å². The van der Waals surface area contributed by atoms with Gasteiger partial charge in [-0.15, -0.1) is 35.3 Å². The number of nitrogens with one attached hydrogen (secondary N) is 2. The molecule has 0 radical (unpaired) electrons. The summed E-state index contributed by atoms with van der Waals surface area (Å²) in [5, 5.41) is 9.25. The summed E-state index contributed by atoms with van der Waals surface area (Å²) in [6.07, 6.45) is 3.72. The lowest BCUT2D eigenvalue weighted by molar-refractivity contribution is 0.260. The van der Waals surface area contributed by atoms with Gasteiger partial charge in [-0.3, -0.25) is 9.89 Å². The highest BCUT2D eigenvalue weighted by atomic mass is 127. The minimum Gasteiger partial charge on any atom is -0.356 e. The van der Waals surface area contributed by atoms with Gasteiger partial charge in [-0.05, 0) is 41.8 Å². The molecule has 1 aromatic heterocycles. The van der Waals surface area contributed by atoms with Gasteiger partial charge in [-0.1, -0.05) is 30.3 Å². The molecule has 1 aromatic carbocycles. The fraction of sp³-hybridized carbons (Fsp3) is 0.476. The van der Waals surface area contributed by atoms with Crippen LogP contribution >= 0.6 is 35.3 Å². The number of nitrogens with zero attached hydrogens (tertiary/aromatic N) is 2. The molecule has 2 N–H and O–H groups in total. The van der Waals surface area contributed by atoms with Crippen molar-refractivity contribution < 1.29 is 0 Å². The molecule has 1 saturated carbocycles. The predicted molar refractivity (Wildman–Crippen MR) is 125 cm³/mol. The van der Waals surface area contributed by atoms with Crippen LogP contribution in [0, 0.1) is 0 Å². The summed E-state index contributed by atoms with van der Waals surface area (Å²) in [4.78, 5) is 8.50. The molecule has 2 aliphatic rings. The number of guanidine groups is 1. The van der Waals surface area contributed by atoms with Crippen LogP contribution in [0.2, 0.25) is 0 Å². The Labute approximate surface area is 183 Å². The Morgan fingerprint density at radius 1 is 1.19 bits per heavy atom. The Kier molecular flexibility index (Phi) is 7.16. The zero-order valence-electron chi connectivity index (χ0n) is 15.9. The van der Waals surface area contributed by atoms with E-state index in [9.17, 15) is 0 Å². The van der Waals surface area contributed by atoms with E-state index in [4.69, 9.17) is 0 Å². The van der Waals surface area contributed by atoms with E-state index < -0.39 is 0 Å². The summed E-state index contributed by atoms with van der Waals surface area (Å²) in [6, 6.07) is 13.1. The van der Waals surface area contributed by atoms with Gasteiger partial charge in [0.1, 0.15) is 0 Å². The molecule has 0 bridgehead atoms. The Morgan fingerprint density at radius 2 is 2.00 bits per heavy atom. The van der Waals surface area contributed by atoms with Crippen molar-refractivity contribution >= 4 is 41.3 Å². The highest BCUT2D eigenvalue weighted by Gasteiger charge is 2.43. The van der Waals surface area contributed by atoms with Crippen molar-refractivity contribution in [3.8, 4) is 0 Å². The lowest BCUT2D eigenvalue weighted by Crippen LogP contribution is -2.44. The van der Waals surface area contributed by atoms with Gasteiger partial charge in [0.15, 0.2) is 5.96 Å². The number of hydrogen-bond donors (Lipinski definition) is 2. The normalized spacial score (nSPS) is 18.3. The van der Waals surface area contributed by atoms with Gasteiger partial charge in [0.25, 0.3) is 0 Å². The maximum absolute atomic E-state index is 4.40. The van der Waals surface area contributed by atoms with Gasteiger partial charge in [0, 0.05) is 50.1 Å². The molecule has 0 unspecified atom stereocenters. The summed E-state index contributed by atoms with van der Waals surface area (Å²) in [7, 11) is 1.86. The zero-order valence-corrected chi connectivity index (χ0v) is 19.1. The van der Waals surface area contributed by atoms with E-state index in [1.54, 1.807) is 4.88 Å².